The molecule has 3 aromatic rings. The van der Waals surface area contributed by atoms with Gasteiger partial charge in [-0.25, -0.2) is 19.3 Å². The second-order valence-electron chi connectivity index (χ2n) is 5.02. The van der Waals surface area contributed by atoms with E-state index in [2.05, 4.69) is 20.3 Å². The van der Waals surface area contributed by atoms with Crippen LogP contribution in [-0.4, -0.2) is 20.9 Å². The lowest BCUT2D eigenvalue weighted by atomic mass is 10.2. The Balaban J connectivity index is 1.81. The fraction of sp³-hybridized carbons (Fsp3) is 0.0588. The summed E-state index contributed by atoms with van der Waals surface area (Å²) in [7, 11) is 0. The number of hydrogen-bond acceptors (Lipinski definition) is 5. The Morgan fingerprint density at radius 1 is 1.12 bits per heavy atom. The minimum absolute atomic E-state index is 0.116. The zero-order chi connectivity index (χ0) is 16.9. The highest BCUT2D eigenvalue weighted by Crippen LogP contribution is 2.23. The molecule has 0 aliphatic heterocycles. The molecule has 0 saturated carbocycles. The number of rotatable bonds is 4. The van der Waals surface area contributed by atoms with Crippen molar-refractivity contribution in [3.05, 3.63) is 72.2 Å². The quantitative estimate of drug-likeness (QED) is 0.796. The molecule has 0 aliphatic rings. The van der Waals surface area contributed by atoms with E-state index < -0.39 is 11.7 Å². The zero-order valence-electron chi connectivity index (χ0n) is 12.7. The van der Waals surface area contributed by atoms with Crippen LogP contribution in [0.15, 0.2) is 55.2 Å². The normalized spacial score (nSPS) is 10.2. The Morgan fingerprint density at radius 3 is 2.67 bits per heavy atom. The highest BCUT2D eigenvalue weighted by atomic mass is 19.1. The average Bonchev–Trinajstić information content (AvgIpc) is 2.55. The Kier molecular flexibility index (Phi) is 4.42. The number of nitrogens with one attached hydrogen (secondary N) is 1. The Bertz CT molecular complexity index is 871. The fourth-order valence-electron chi connectivity index (χ4n) is 2.02. The highest BCUT2D eigenvalue weighted by Gasteiger charge is 2.11. The second kappa shape index (κ2) is 6.82. The van der Waals surface area contributed by atoms with Crippen LogP contribution in [0.4, 0.5) is 10.2 Å². The van der Waals surface area contributed by atoms with Crippen molar-refractivity contribution in [2.75, 3.05) is 5.32 Å². The summed E-state index contributed by atoms with van der Waals surface area (Å²) in [5.41, 5.74) is 1.07. The molecule has 1 aromatic carbocycles. The summed E-state index contributed by atoms with van der Waals surface area (Å²) in [6.07, 6.45) is 5.81. The van der Waals surface area contributed by atoms with Gasteiger partial charge in [-0.3, -0.25) is 4.79 Å². The first-order valence-corrected chi connectivity index (χ1v) is 7.07. The Hall–Kier alpha value is -3.35. The summed E-state index contributed by atoms with van der Waals surface area (Å²) >= 11 is 0. The van der Waals surface area contributed by atoms with Crippen molar-refractivity contribution in [3.63, 3.8) is 0 Å². The summed E-state index contributed by atoms with van der Waals surface area (Å²) in [6.45, 7) is 1.88. The van der Waals surface area contributed by atoms with Gasteiger partial charge < -0.3 is 10.1 Å². The molecule has 0 atom stereocenters. The molecule has 2 aromatic heterocycles. The van der Waals surface area contributed by atoms with Crippen molar-refractivity contribution < 1.29 is 13.9 Å². The van der Waals surface area contributed by atoms with E-state index in [0.29, 0.717) is 11.6 Å². The molecular weight excluding hydrogens is 311 g/mol. The van der Waals surface area contributed by atoms with Gasteiger partial charge in [0.15, 0.2) is 5.75 Å². The topological polar surface area (TPSA) is 77.0 Å². The molecule has 0 radical (unpaired) electrons. The van der Waals surface area contributed by atoms with E-state index in [4.69, 9.17) is 4.74 Å². The molecule has 0 bridgehead atoms. The number of amides is 1. The summed E-state index contributed by atoms with van der Waals surface area (Å²) < 4.78 is 19.2. The van der Waals surface area contributed by atoms with Crippen LogP contribution in [0.2, 0.25) is 0 Å². The van der Waals surface area contributed by atoms with Crippen molar-refractivity contribution in [2.45, 2.75) is 6.92 Å². The van der Waals surface area contributed by atoms with Crippen LogP contribution in [0.25, 0.3) is 0 Å². The Morgan fingerprint density at radius 2 is 1.92 bits per heavy atom. The van der Waals surface area contributed by atoms with Gasteiger partial charge in [-0.1, -0.05) is 0 Å². The molecule has 0 saturated heterocycles. The fourth-order valence-corrected chi connectivity index (χ4v) is 2.02. The van der Waals surface area contributed by atoms with Crippen LogP contribution in [-0.2, 0) is 0 Å². The van der Waals surface area contributed by atoms with E-state index >= 15 is 0 Å². The molecule has 120 valence electrons. The first kappa shape index (κ1) is 15.5. The number of ether oxygens (including phenoxy) is 1. The van der Waals surface area contributed by atoms with Gasteiger partial charge in [0.25, 0.3) is 5.91 Å². The first-order chi connectivity index (χ1) is 11.6. The Labute approximate surface area is 137 Å². The number of aryl methyl sites for hydroxylation is 1. The van der Waals surface area contributed by atoms with Gasteiger partial charge in [0, 0.05) is 17.8 Å². The molecule has 0 fully saturated rings. The molecule has 0 unspecified atom stereocenters. The zero-order valence-corrected chi connectivity index (χ0v) is 12.7. The molecule has 0 spiro atoms. The number of nitrogens with zero attached hydrogens (tertiary/aromatic N) is 3. The minimum Gasteiger partial charge on any atom is -0.454 e. The van der Waals surface area contributed by atoms with Crippen LogP contribution < -0.4 is 10.1 Å². The minimum atomic E-state index is -0.591. The van der Waals surface area contributed by atoms with Crippen molar-refractivity contribution in [1.82, 2.24) is 15.0 Å². The van der Waals surface area contributed by atoms with E-state index in [1.54, 1.807) is 12.3 Å². The van der Waals surface area contributed by atoms with Crippen LogP contribution in [0.3, 0.4) is 0 Å². The standard InChI is InChI=1S/C17H13FN4O2/c1-11-2-3-21-16(4-11)22-17(23)12-5-13(18)7-14(6-12)24-15-8-19-10-20-9-15/h2-10H,1H3,(H,21,22,23). The lowest BCUT2D eigenvalue weighted by molar-refractivity contribution is 0.102. The summed E-state index contributed by atoms with van der Waals surface area (Å²) in [4.78, 5) is 23.9. The number of pyridine rings is 1. The van der Waals surface area contributed by atoms with E-state index in [9.17, 15) is 9.18 Å². The SMILES string of the molecule is Cc1ccnc(NC(=O)c2cc(F)cc(Oc3cncnc3)c2)c1. The van der Waals surface area contributed by atoms with E-state index in [-0.39, 0.29) is 11.3 Å². The summed E-state index contributed by atoms with van der Waals surface area (Å²) in [6, 6.07) is 7.26. The van der Waals surface area contributed by atoms with Gasteiger partial charge in [0.1, 0.15) is 23.7 Å². The lowest BCUT2D eigenvalue weighted by Crippen LogP contribution is -2.13. The number of carbonyl (C=O) groups is 1. The van der Waals surface area contributed by atoms with Crippen LogP contribution in [0.5, 0.6) is 11.5 Å². The molecule has 3 rings (SSSR count). The molecule has 7 heteroatoms. The van der Waals surface area contributed by atoms with Gasteiger partial charge in [-0.2, -0.15) is 0 Å². The maximum absolute atomic E-state index is 13.8. The van der Waals surface area contributed by atoms with Gasteiger partial charge >= 0.3 is 0 Å². The molecule has 6 nitrogen and oxygen atoms in total. The van der Waals surface area contributed by atoms with Crippen molar-refractivity contribution >= 4 is 11.7 Å². The van der Waals surface area contributed by atoms with Crippen LogP contribution in [0.1, 0.15) is 15.9 Å². The number of halogens is 1. The number of carbonyl (C=O) groups excluding carboxylic acids is 1. The van der Waals surface area contributed by atoms with E-state index in [1.165, 1.54) is 30.9 Å². The van der Waals surface area contributed by atoms with Gasteiger partial charge in [-0.05, 0) is 36.8 Å². The monoisotopic (exact) mass is 324 g/mol. The molecule has 1 amide bonds. The van der Waals surface area contributed by atoms with Crippen molar-refractivity contribution in [2.24, 2.45) is 0 Å². The first-order valence-electron chi connectivity index (χ1n) is 7.07. The van der Waals surface area contributed by atoms with E-state index in [1.807, 2.05) is 13.0 Å². The summed E-state index contributed by atoms with van der Waals surface area (Å²) in [5, 5.41) is 2.62. The third kappa shape index (κ3) is 3.89. The average molecular weight is 324 g/mol. The number of anilines is 1. The lowest BCUT2D eigenvalue weighted by Gasteiger charge is -2.08. The maximum Gasteiger partial charge on any atom is 0.257 e. The predicted octanol–water partition coefficient (Wildman–Crippen LogP) is 3.36. The second-order valence-corrected chi connectivity index (χ2v) is 5.02. The molecule has 2 heterocycles. The largest absolute Gasteiger partial charge is 0.454 e. The number of hydrogen-bond donors (Lipinski definition) is 1. The third-order valence-electron chi connectivity index (χ3n) is 3.06. The number of aromatic nitrogens is 3. The van der Waals surface area contributed by atoms with Gasteiger partial charge in [0.2, 0.25) is 0 Å². The van der Waals surface area contributed by atoms with Gasteiger partial charge in [0.05, 0.1) is 12.4 Å². The summed E-state index contributed by atoms with van der Waals surface area (Å²) in [5.74, 6) is -0.168. The smallest absolute Gasteiger partial charge is 0.257 e. The van der Waals surface area contributed by atoms with Crippen LogP contribution >= 0.6 is 0 Å². The predicted molar refractivity (Wildman–Crippen MR) is 85.4 cm³/mol. The molecule has 1 N–H and O–H groups in total. The van der Waals surface area contributed by atoms with Crippen molar-refractivity contribution in [1.29, 1.82) is 0 Å². The highest BCUT2D eigenvalue weighted by molar-refractivity contribution is 6.04. The van der Waals surface area contributed by atoms with Crippen LogP contribution in [0, 0.1) is 12.7 Å². The maximum atomic E-state index is 13.8. The van der Waals surface area contributed by atoms with Crippen molar-refractivity contribution in [3.8, 4) is 11.5 Å². The molecular formula is C17H13FN4O2. The molecule has 0 aliphatic carbocycles. The van der Waals surface area contributed by atoms with Gasteiger partial charge in [-0.15, -0.1) is 0 Å². The van der Waals surface area contributed by atoms with E-state index in [0.717, 1.165) is 11.6 Å². The number of benzene rings is 1. The molecule has 24 heavy (non-hydrogen) atoms. The third-order valence-corrected chi connectivity index (χ3v) is 3.06.